The van der Waals surface area contributed by atoms with Gasteiger partial charge in [-0.05, 0) is 63.5 Å². The molecule has 5 atom stereocenters. The molecule has 0 radical (unpaired) electrons. The zero-order chi connectivity index (χ0) is 26.3. The normalized spacial score (nSPS) is 29.4. The van der Waals surface area contributed by atoms with Gasteiger partial charge in [0.05, 0.1) is 17.9 Å². The van der Waals surface area contributed by atoms with Crippen LogP contribution in [0.5, 0.6) is 0 Å². The molecule has 3 N–H and O–H groups in total. The SMILES string of the molecule is CC(C)(C)CC(C)(C)NC(=O)C1N(CCCCO)C(=O)[C@@H]2[C@H](C(=O)Nc3ccccc3)[C@@H]3CCC12O3. The standard InChI is InChI=1S/C28H41N3O5/c1-26(2,3)17-27(4,5)30-24(34)22-28-14-13-19(36-28)20(23(33)29-18-11-7-6-8-12-18)21(28)25(35)31(22)15-9-10-16-32/h6-8,11-12,19-22,32H,9-10,13-17H2,1-5H3,(H,29,33)(H,30,34)/t19-,20+,21-,22?,28?/m0/s1. The van der Waals surface area contributed by atoms with Crippen LogP contribution < -0.4 is 10.6 Å². The first-order valence-electron chi connectivity index (χ1n) is 13.2. The summed E-state index contributed by atoms with van der Waals surface area (Å²) in [6.45, 7) is 10.8. The van der Waals surface area contributed by atoms with Crippen molar-refractivity contribution in [3.63, 3.8) is 0 Å². The highest BCUT2D eigenvalue weighted by Crippen LogP contribution is 2.58. The Bertz CT molecular complexity index is 989. The highest BCUT2D eigenvalue weighted by atomic mass is 16.5. The molecule has 2 bridgehead atoms. The second-order valence-electron chi connectivity index (χ2n) is 12.5. The van der Waals surface area contributed by atoms with Gasteiger partial charge in [0, 0.05) is 24.4 Å². The number of amides is 3. The average Bonchev–Trinajstić information content (AvgIpc) is 3.40. The first-order chi connectivity index (χ1) is 16.9. The zero-order valence-electron chi connectivity index (χ0n) is 22.2. The van der Waals surface area contributed by atoms with E-state index in [1.54, 1.807) is 4.90 Å². The first kappa shape index (κ1) is 26.6. The number of hydrogen-bond acceptors (Lipinski definition) is 5. The lowest BCUT2D eigenvalue weighted by Crippen LogP contribution is -2.59. The molecule has 1 aromatic rings. The molecular formula is C28H41N3O5. The van der Waals surface area contributed by atoms with E-state index >= 15 is 0 Å². The van der Waals surface area contributed by atoms with Gasteiger partial charge in [-0.1, -0.05) is 39.0 Å². The molecule has 1 spiro atoms. The topological polar surface area (TPSA) is 108 Å². The molecule has 2 unspecified atom stereocenters. The maximum absolute atomic E-state index is 13.9. The lowest BCUT2D eigenvalue weighted by atomic mass is 9.70. The van der Waals surface area contributed by atoms with Crippen LogP contribution >= 0.6 is 0 Å². The smallest absolute Gasteiger partial charge is 0.246 e. The van der Waals surface area contributed by atoms with E-state index < -0.39 is 29.0 Å². The van der Waals surface area contributed by atoms with Gasteiger partial charge < -0.3 is 25.4 Å². The van der Waals surface area contributed by atoms with Gasteiger partial charge in [-0.25, -0.2) is 0 Å². The Balaban J connectivity index is 1.63. The molecule has 0 saturated carbocycles. The van der Waals surface area contributed by atoms with Crippen LogP contribution in [0.3, 0.4) is 0 Å². The van der Waals surface area contributed by atoms with Crippen molar-refractivity contribution < 1.29 is 24.2 Å². The lowest BCUT2D eigenvalue weighted by Gasteiger charge is -2.38. The van der Waals surface area contributed by atoms with Crippen molar-refractivity contribution in [1.82, 2.24) is 10.2 Å². The van der Waals surface area contributed by atoms with Crippen molar-refractivity contribution in [3.05, 3.63) is 30.3 Å². The van der Waals surface area contributed by atoms with Gasteiger partial charge in [0.25, 0.3) is 0 Å². The number of carbonyl (C=O) groups excluding carboxylic acids is 3. The van der Waals surface area contributed by atoms with Crippen molar-refractivity contribution in [2.45, 2.75) is 90.0 Å². The van der Waals surface area contributed by atoms with Crippen molar-refractivity contribution >= 4 is 23.4 Å². The number of rotatable bonds is 9. The lowest BCUT2D eigenvalue weighted by molar-refractivity contribution is -0.142. The van der Waals surface area contributed by atoms with Crippen molar-refractivity contribution in [2.24, 2.45) is 17.3 Å². The Hall–Kier alpha value is -2.45. The quantitative estimate of drug-likeness (QED) is 0.453. The number of para-hydroxylation sites is 1. The number of benzene rings is 1. The largest absolute Gasteiger partial charge is 0.396 e. The van der Waals surface area contributed by atoms with Gasteiger partial charge in [0.2, 0.25) is 17.7 Å². The third-order valence-corrected chi connectivity index (χ3v) is 7.63. The van der Waals surface area contributed by atoms with Crippen LogP contribution in [0.15, 0.2) is 30.3 Å². The maximum Gasteiger partial charge on any atom is 0.246 e. The number of nitrogens with one attached hydrogen (secondary N) is 2. The second-order valence-corrected chi connectivity index (χ2v) is 12.5. The van der Waals surface area contributed by atoms with Crippen molar-refractivity contribution in [1.29, 1.82) is 0 Å². The van der Waals surface area contributed by atoms with Gasteiger partial charge in [0.1, 0.15) is 11.6 Å². The van der Waals surface area contributed by atoms with Crippen LogP contribution in [0.25, 0.3) is 0 Å². The van der Waals surface area contributed by atoms with Gasteiger partial charge in [-0.3, -0.25) is 14.4 Å². The predicted molar refractivity (Wildman–Crippen MR) is 137 cm³/mol. The van der Waals surface area contributed by atoms with Crippen molar-refractivity contribution in [3.8, 4) is 0 Å². The summed E-state index contributed by atoms with van der Waals surface area (Å²) in [6.07, 6.45) is 2.68. The van der Waals surface area contributed by atoms with Crippen LogP contribution in [-0.4, -0.2) is 64.2 Å². The molecule has 3 heterocycles. The van der Waals surface area contributed by atoms with Gasteiger partial charge >= 0.3 is 0 Å². The number of likely N-dealkylation sites (tertiary alicyclic amines) is 1. The van der Waals surface area contributed by atoms with E-state index in [0.717, 1.165) is 6.42 Å². The van der Waals surface area contributed by atoms with E-state index in [4.69, 9.17) is 4.74 Å². The molecule has 8 heteroatoms. The van der Waals surface area contributed by atoms with E-state index in [0.29, 0.717) is 37.9 Å². The summed E-state index contributed by atoms with van der Waals surface area (Å²) in [7, 11) is 0. The third kappa shape index (κ3) is 5.02. The number of aliphatic hydroxyl groups is 1. The molecule has 1 aromatic carbocycles. The maximum atomic E-state index is 13.9. The summed E-state index contributed by atoms with van der Waals surface area (Å²) in [4.78, 5) is 42.8. The van der Waals surface area contributed by atoms with Crippen molar-refractivity contribution in [2.75, 3.05) is 18.5 Å². The Labute approximate surface area is 214 Å². The first-order valence-corrected chi connectivity index (χ1v) is 13.2. The number of anilines is 1. The van der Waals surface area contributed by atoms with E-state index in [2.05, 4.69) is 31.4 Å². The fourth-order valence-corrected chi connectivity index (χ4v) is 6.91. The minimum absolute atomic E-state index is 0.00679. The molecule has 36 heavy (non-hydrogen) atoms. The highest BCUT2D eigenvalue weighted by Gasteiger charge is 2.74. The van der Waals surface area contributed by atoms with Crippen LogP contribution in [0, 0.1) is 17.3 Å². The fourth-order valence-electron chi connectivity index (χ4n) is 6.91. The van der Waals surface area contributed by atoms with Gasteiger partial charge in [0.15, 0.2) is 0 Å². The summed E-state index contributed by atoms with van der Waals surface area (Å²) >= 11 is 0. The summed E-state index contributed by atoms with van der Waals surface area (Å²) in [5, 5.41) is 15.5. The molecule has 8 nitrogen and oxygen atoms in total. The second kappa shape index (κ2) is 9.78. The van der Waals surface area contributed by atoms with E-state index in [1.807, 2.05) is 44.2 Å². The molecule has 0 aromatic heterocycles. The van der Waals surface area contributed by atoms with Crippen LogP contribution in [0.2, 0.25) is 0 Å². The van der Waals surface area contributed by atoms with E-state index in [9.17, 15) is 19.5 Å². The zero-order valence-corrected chi connectivity index (χ0v) is 22.2. The number of fused-ring (bicyclic) bond motifs is 1. The summed E-state index contributed by atoms with van der Waals surface area (Å²) < 4.78 is 6.48. The highest BCUT2D eigenvalue weighted by molar-refractivity contribution is 6.02. The number of hydrogen-bond donors (Lipinski definition) is 3. The Morgan fingerprint density at radius 2 is 1.81 bits per heavy atom. The molecule has 198 valence electrons. The van der Waals surface area contributed by atoms with E-state index in [-0.39, 0.29) is 35.8 Å². The minimum Gasteiger partial charge on any atom is -0.396 e. The molecule has 3 amide bonds. The van der Waals surface area contributed by atoms with E-state index in [1.165, 1.54) is 0 Å². The van der Waals surface area contributed by atoms with Gasteiger partial charge in [-0.15, -0.1) is 0 Å². The predicted octanol–water partition coefficient (Wildman–Crippen LogP) is 3.10. The molecule has 3 aliphatic rings. The monoisotopic (exact) mass is 499 g/mol. The van der Waals surface area contributed by atoms with Crippen LogP contribution in [-0.2, 0) is 19.1 Å². The minimum atomic E-state index is -1.01. The van der Waals surface area contributed by atoms with Crippen LogP contribution in [0.1, 0.15) is 66.7 Å². The molecule has 3 saturated heterocycles. The Morgan fingerprint density at radius 1 is 1.11 bits per heavy atom. The summed E-state index contributed by atoms with van der Waals surface area (Å²) in [5.41, 5.74) is -0.818. The number of carbonyl (C=O) groups is 3. The molecule has 3 aliphatic heterocycles. The summed E-state index contributed by atoms with van der Waals surface area (Å²) in [6, 6.07) is 8.39. The summed E-state index contributed by atoms with van der Waals surface area (Å²) in [5.74, 6) is -2.01. The molecule has 4 rings (SSSR count). The molecule has 0 aliphatic carbocycles. The number of aliphatic hydroxyl groups excluding tert-OH is 1. The third-order valence-electron chi connectivity index (χ3n) is 7.63. The fraction of sp³-hybridized carbons (Fsp3) is 0.679. The molecular weight excluding hydrogens is 458 g/mol. The number of ether oxygens (including phenoxy) is 1. The molecule has 3 fully saturated rings. The Kier molecular flexibility index (Phi) is 7.23. The number of nitrogens with zero attached hydrogens (tertiary/aromatic N) is 1. The Morgan fingerprint density at radius 3 is 2.44 bits per heavy atom. The average molecular weight is 500 g/mol. The number of unbranched alkanes of at least 4 members (excludes halogenated alkanes) is 1. The van der Waals surface area contributed by atoms with Gasteiger partial charge in [-0.2, -0.15) is 0 Å². The van der Waals surface area contributed by atoms with Crippen LogP contribution in [0.4, 0.5) is 5.69 Å².